The third-order valence-electron chi connectivity index (χ3n) is 4.37. The lowest BCUT2D eigenvalue weighted by molar-refractivity contribution is 0.0166. The summed E-state index contributed by atoms with van der Waals surface area (Å²) in [5.74, 6) is 1.71. The van der Waals surface area contributed by atoms with E-state index < -0.39 is 5.60 Å². The molecule has 1 aliphatic carbocycles. The highest BCUT2D eigenvalue weighted by molar-refractivity contribution is 5.48. The van der Waals surface area contributed by atoms with Crippen LogP contribution in [-0.2, 0) is 4.74 Å². The molecule has 6 nitrogen and oxygen atoms in total. The molecule has 6 heteroatoms. The molecule has 2 fully saturated rings. The van der Waals surface area contributed by atoms with E-state index in [4.69, 9.17) is 4.74 Å². The SMILES string of the molecule is OC1(CNc2cc(N3CCOCC3)ncn2)CCCCC1. The van der Waals surface area contributed by atoms with E-state index in [0.29, 0.717) is 6.54 Å². The number of hydrogen-bond donors (Lipinski definition) is 2. The van der Waals surface area contributed by atoms with Gasteiger partial charge in [-0.25, -0.2) is 9.97 Å². The molecule has 0 aromatic carbocycles. The van der Waals surface area contributed by atoms with Gasteiger partial charge < -0.3 is 20.1 Å². The third-order valence-corrected chi connectivity index (χ3v) is 4.37. The molecule has 116 valence electrons. The van der Waals surface area contributed by atoms with Gasteiger partial charge in [0.1, 0.15) is 18.0 Å². The molecule has 1 aromatic rings. The van der Waals surface area contributed by atoms with Crippen LogP contribution in [0.4, 0.5) is 11.6 Å². The van der Waals surface area contributed by atoms with Gasteiger partial charge in [-0.2, -0.15) is 0 Å². The third kappa shape index (κ3) is 3.83. The molecule has 0 spiro atoms. The Bertz CT molecular complexity index is 457. The molecule has 2 N–H and O–H groups in total. The summed E-state index contributed by atoms with van der Waals surface area (Å²) in [6.07, 6.45) is 6.79. The number of anilines is 2. The monoisotopic (exact) mass is 292 g/mol. The van der Waals surface area contributed by atoms with Crippen LogP contribution in [0.1, 0.15) is 32.1 Å². The molecule has 2 aliphatic rings. The Hall–Kier alpha value is -1.40. The quantitative estimate of drug-likeness (QED) is 0.874. The molecule has 0 bridgehead atoms. The first-order valence-corrected chi connectivity index (χ1v) is 7.86. The van der Waals surface area contributed by atoms with Crippen molar-refractivity contribution in [2.24, 2.45) is 0 Å². The van der Waals surface area contributed by atoms with Crippen LogP contribution in [0, 0.1) is 0 Å². The van der Waals surface area contributed by atoms with Crippen molar-refractivity contribution >= 4 is 11.6 Å². The Morgan fingerprint density at radius 2 is 1.95 bits per heavy atom. The minimum absolute atomic E-state index is 0.562. The van der Waals surface area contributed by atoms with Crippen LogP contribution in [0.25, 0.3) is 0 Å². The van der Waals surface area contributed by atoms with Crippen LogP contribution in [0.15, 0.2) is 12.4 Å². The van der Waals surface area contributed by atoms with Crippen LogP contribution in [-0.4, -0.2) is 53.5 Å². The van der Waals surface area contributed by atoms with Gasteiger partial charge in [-0.1, -0.05) is 19.3 Å². The predicted octanol–water partition coefficient (Wildman–Crippen LogP) is 1.42. The predicted molar refractivity (Wildman–Crippen MR) is 81.6 cm³/mol. The lowest BCUT2D eigenvalue weighted by atomic mass is 9.85. The van der Waals surface area contributed by atoms with Gasteiger partial charge in [0, 0.05) is 25.7 Å². The fourth-order valence-electron chi connectivity index (χ4n) is 3.05. The minimum Gasteiger partial charge on any atom is -0.388 e. The van der Waals surface area contributed by atoms with Gasteiger partial charge in [0.2, 0.25) is 0 Å². The van der Waals surface area contributed by atoms with Crippen molar-refractivity contribution in [3.63, 3.8) is 0 Å². The zero-order valence-corrected chi connectivity index (χ0v) is 12.4. The van der Waals surface area contributed by atoms with Gasteiger partial charge >= 0.3 is 0 Å². The molecule has 1 saturated heterocycles. The number of aliphatic hydroxyl groups is 1. The number of nitrogens with zero attached hydrogens (tertiary/aromatic N) is 3. The van der Waals surface area contributed by atoms with Crippen molar-refractivity contribution in [1.82, 2.24) is 9.97 Å². The molecular weight excluding hydrogens is 268 g/mol. The Labute approximate surface area is 125 Å². The Morgan fingerprint density at radius 3 is 2.71 bits per heavy atom. The molecule has 2 heterocycles. The fraction of sp³-hybridized carbons (Fsp3) is 0.733. The highest BCUT2D eigenvalue weighted by atomic mass is 16.5. The first-order chi connectivity index (χ1) is 10.3. The molecule has 0 atom stereocenters. The summed E-state index contributed by atoms with van der Waals surface area (Å²) < 4.78 is 5.36. The summed E-state index contributed by atoms with van der Waals surface area (Å²) in [7, 11) is 0. The van der Waals surface area contributed by atoms with Crippen molar-refractivity contribution in [2.75, 3.05) is 43.1 Å². The largest absolute Gasteiger partial charge is 0.388 e. The number of aromatic nitrogens is 2. The minimum atomic E-state index is -0.581. The van der Waals surface area contributed by atoms with Crippen molar-refractivity contribution in [2.45, 2.75) is 37.7 Å². The van der Waals surface area contributed by atoms with Gasteiger partial charge in [0.05, 0.1) is 18.8 Å². The van der Waals surface area contributed by atoms with Gasteiger partial charge in [0.25, 0.3) is 0 Å². The van der Waals surface area contributed by atoms with E-state index in [0.717, 1.165) is 63.6 Å². The number of morpholine rings is 1. The molecule has 0 amide bonds. The number of ether oxygens (including phenoxy) is 1. The second-order valence-electron chi connectivity index (χ2n) is 6.00. The molecular formula is C15H24N4O2. The van der Waals surface area contributed by atoms with Gasteiger partial charge in [0.15, 0.2) is 0 Å². The topological polar surface area (TPSA) is 70.5 Å². The molecule has 3 rings (SSSR count). The lowest BCUT2D eigenvalue weighted by Gasteiger charge is -2.32. The molecule has 21 heavy (non-hydrogen) atoms. The summed E-state index contributed by atoms with van der Waals surface area (Å²) >= 11 is 0. The van der Waals surface area contributed by atoms with E-state index in [2.05, 4.69) is 20.2 Å². The highest BCUT2D eigenvalue weighted by Gasteiger charge is 2.28. The van der Waals surface area contributed by atoms with Crippen molar-refractivity contribution in [1.29, 1.82) is 0 Å². The first kappa shape index (κ1) is 14.5. The zero-order valence-electron chi connectivity index (χ0n) is 12.4. The zero-order chi connectivity index (χ0) is 14.5. The maximum absolute atomic E-state index is 10.5. The number of hydrogen-bond acceptors (Lipinski definition) is 6. The summed E-state index contributed by atoms with van der Waals surface area (Å²) in [5, 5.41) is 13.8. The second-order valence-corrected chi connectivity index (χ2v) is 6.00. The van der Waals surface area contributed by atoms with E-state index in [1.54, 1.807) is 6.33 Å². The molecule has 1 aromatic heterocycles. The maximum atomic E-state index is 10.5. The second kappa shape index (κ2) is 6.58. The molecule has 0 radical (unpaired) electrons. The lowest BCUT2D eigenvalue weighted by Crippen LogP contribution is -2.39. The van der Waals surface area contributed by atoms with Crippen LogP contribution in [0.2, 0.25) is 0 Å². The molecule has 0 unspecified atom stereocenters. The van der Waals surface area contributed by atoms with Gasteiger partial charge in [-0.15, -0.1) is 0 Å². The smallest absolute Gasteiger partial charge is 0.134 e. The molecule has 1 saturated carbocycles. The maximum Gasteiger partial charge on any atom is 0.134 e. The average molecular weight is 292 g/mol. The number of nitrogens with one attached hydrogen (secondary N) is 1. The van der Waals surface area contributed by atoms with Crippen LogP contribution in [0.5, 0.6) is 0 Å². The summed E-state index contributed by atoms with van der Waals surface area (Å²) in [5.41, 5.74) is -0.581. The Morgan fingerprint density at radius 1 is 1.19 bits per heavy atom. The first-order valence-electron chi connectivity index (χ1n) is 7.86. The summed E-state index contributed by atoms with van der Waals surface area (Å²) in [6.45, 7) is 3.77. The average Bonchev–Trinajstić information content (AvgIpc) is 2.55. The molecule has 1 aliphatic heterocycles. The normalized spacial score (nSPS) is 22.0. The van der Waals surface area contributed by atoms with Gasteiger partial charge in [-0.3, -0.25) is 0 Å². The van der Waals surface area contributed by atoms with E-state index in [1.807, 2.05) is 6.07 Å². The fourth-order valence-corrected chi connectivity index (χ4v) is 3.05. The number of rotatable bonds is 4. The van der Waals surface area contributed by atoms with Crippen molar-refractivity contribution in [3.05, 3.63) is 12.4 Å². The van der Waals surface area contributed by atoms with Gasteiger partial charge in [-0.05, 0) is 12.8 Å². The van der Waals surface area contributed by atoms with Crippen LogP contribution < -0.4 is 10.2 Å². The Balaban J connectivity index is 1.60. The van der Waals surface area contributed by atoms with Crippen molar-refractivity contribution < 1.29 is 9.84 Å². The Kier molecular flexibility index (Phi) is 4.55. The highest BCUT2D eigenvalue weighted by Crippen LogP contribution is 2.28. The standard InChI is InChI=1S/C15H24N4O2/c20-15(4-2-1-3-5-15)11-16-13-10-14(18-12-17-13)19-6-8-21-9-7-19/h10,12,20H,1-9,11H2,(H,16,17,18). The van der Waals surface area contributed by atoms with E-state index >= 15 is 0 Å². The van der Waals surface area contributed by atoms with Crippen LogP contribution in [0.3, 0.4) is 0 Å². The van der Waals surface area contributed by atoms with E-state index in [-0.39, 0.29) is 0 Å². The van der Waals surface area contributed by atoms with Crippen LogP contribution >= 0.6 is 0 Å². The van der Waals surface area contributed by atoms with E-state index in [9.17, 15) is 5.11 Å². The van der Waals surface area contributed by atoms with Crippen molar-refractivity contribution in [3.8, 4) is 0 Å². The summed E-state index contributed by atoms with van der Waals surface area (Å²) in [6, 6.07) is 1.96. The van der Waals surface area contributed by atoms with E-state index in [1.165, 1.54) is 6.42 Å². The summed E-state index contributed by atoms with van der Waals surface area (Å²) in [4.78, 5) is 10.8.